The lowest BCUT2D eigenvalue weighted by Crippen LogP contribution is -2.27. The third kappa shape index (κ3) is 4.06. The predicted octanol–water partition coefficient (Wildman–Crippen LogP) is 4.08. The Bertz CT molecular complexity index is 464. The highest BCUT2D eigenvalue weighted by Gasteiger charge is 2.18. The summed E-state index contributed by atoms with van der Waals surface area (Å²) in [5, 5.41) is 2.94. The van der Waals surface area contributed by atoms with Gasteiger partial charge in [-0.15, -0.1) is 0 Å². The van der Waals surface area contributed by atoms with E-state index in [0.29, 0.717) is 17.7 Å². The van der Waals surface area contributed by atoms with Crippen LogP contribution in [0, 0.1) is 24.6 Å². The first kappa shape index (κ1) is 15.0. The molecule has 0 spiro atoms. The van der Waals surface area contributed by atoms with Crippen LogP contribution in [0.3, 0.4) is 0 Å². The van der Waals surface area contributed by atoms with Crippen molar-refractivity contribution in [3.63, 3.8) is 0 Å². The van der Waals surface area contributed by atoms with Crippen molar-refractivity contribution in [1.82, 2.24) is 5.32 Å². The van der Waals surface area contributed by atoms with E-state index in [1.54, 1.807) is 19.1 Å². The highest BCUT2D eigenvalue weighted by molar-refractivity contribution is 5.94. The maximum atomic E-state index is 13.2. The molecule has 1 aromatic carbocycles. The molecule has 2 nitrogen and oxygen atoms in total. The highest BCUT2D eigenvalue weighted by atomic mass is 19.1. The zero-order chi connectivity index (χ0) is 14.5. The summed E-state index contributed by atoms with van der Waals surface area (Å²) in [6, 6.07) is 4.50. The Morgan fingerprint density at radius 2 is 2.00 bits per heavy atom. The minimum atomic E-state index is -0.266. The van der Waals surface area contributed by atoms with E-state index in [4.69, 9.17) is 0 Å². The van der Waals surface area contributed by atoms with Crippen LogP contribution in [0.4, 0.5) is 4.39 Å². The standard InChI is InChI=1S/C17H24FNO/c1-12-3-5-14(6-4-12)9-10-19-17(20)15-7-8-16(18)13(2)11-15/h7-8,11-12,14H,3-6,9-10H2,1-2H3,(H,19,20). The van der Waals surface area contributed by atoms with Crippen LogP contribution in [-0.2, 0) is 0 Å². The van der Waals surface area contributed by atoms with Crippen molar-refractivity contribution >= 4 is 5.91 Å². The average Bonchev–Trinajstić information content (AvgIpc) is 2.44. The first-order valence-corrected chi connectivity index (χ1v) is 7.60. The van der Waals surface area contributed by atoms with Gasteiger partial charge in [0.2, 0.25) is 0 Å². The van der Waals surface area contributed by atoms with Crippen molar-refractivity contribution in [2.45, 2.75) is 46.0 Å². The maximum Gasteiger partial charge on any atom is 0.251 e. The fraction of sp³-hybridized carbons (Fsp3) is 0.588. The van der Waals surface area contributed by atoms with Crippen LogP contribution in [0.5, 0.6) is 0 Å². The number of halogens is 1. The first-order valence-electron chi connectivity index (χ1n) is 7.60. The number of carbonyl (C=O) groups is 1. The third-order valence-corrected chi connectivity index (χ3v) is 4.39. The van der Waals surface area contributed by atoms with Crippen LogP contribution in [0.1, 0.15) is 54.9 Å². The van der Waals surface area contributed by atoms with Crippen molar-refractivity contribution < 1.29 is 9.18 Å². The summed E-state index contributed by atoms with van der Waals surface area (Å²) < 4.78 is 13.2. The Labute approximate surface area is 120 Å². The Kier molecular flexibility index (Phi) is 5.16. The summed E-state index contributed by atoms with van der Waals surface area (Å²) in [6.45, 7) is 4.71. The van der Waals surface area contributed by atoms with Crippen molar-refractivity contribution in [3.8, 4) is 0 Å². The molecule has 1 aromatic rings. The second kappa shape index (κ2) is 6.87. The lowest BCUT2D eigenvalue weighted by atomic mass is 9.81. The summed E-state index contributed by atoms with van der Waals surface area (Å²) in [6.07, 6.45) is 6.25. The number of amides is 1. The van der Waals surface area contributed by atoms with E-state index < -0.39 is 0 Å². The summed E-state index contributed by atoms with van der Waals surface area (Å²) in [5.74, 6) is 1.25. The predicted molar refractivity (Wildman–Crippen MR) is 79.2 cm³/mol. The molecule has 1 amide bonds. The number of carbonyl (C=O) groups excluding carboxylic acids is 1. The molecule has 1 saturated carbocycles. The minimum Gasteiger partial charge on any atom is -0.352 e. The molecule has 0 bridgehead atoms. The number of aryl methyl sites for hydroxylation is 1. The van der Waals surface area contributed by atoms with Crippen molar-refractivity contribution in [3.05, 3.63) is 35.1 Å². The van der Waals surface area contributed by atoms with E-state index in [1.807, 2.05) is 0 Å². The molecule has 0 radical (unpaired) electrons. The molecule has 3 heteroatoms. The summed E-state index contributed by atoms with van der Waals surface area (Å²) >= 11 is 0. The number of nitrogens with one attached hydrogen (secondary N) is 1. The molecule has 0 saturated heterocycles. The van der Waals surface area contributed by atoms with Crippen LogP contribution < -0.4 is 5.32 Å². The van der Waals surface area contributed by atoms with Gasteiger partial charge in [-0.3, -0.25) is 4.79 Å². The molecule has 0 aromatic heterocycles. The Balaban J connectivity index is 1.76. The third-order valence-electron chi connectivity index (χ3n) is 4.39. The molecule has 20 heavy (non-hydrogen) atoms. The zero-order valence-corrected chi connectivity index (χ0v) is 12.4. The highest BCUT2D eigenvalue weighted by Crippen LogP contribution is 2.29. The van der Waals surface area contributed by atoms with Gasteiger partial charge in [-0.2, -0.15) is 0 Å². The fourth-order valence-corrected chi connectivity index (χ4v) is 2.90. The Hall–Kier alpha value is -1.38. The fourth-order valence-electron chi connectivity index (χ4n) is 2.90. The van der Waals surface area contributed by atoms with E-state index in [9.17, 15) is 9.18 Å². The SMILES string of the molecule is Cc1cc(C(=O)NCCC2CCC(C)CC2)ccc1F. The molecule has 2 rings (SSSR count). The second-order valence-corrected chi connectivity index (χ2v) is 6.13. The maximum absolute atomic E-state index is 13.2. The van der Waals surface area contributed by atoms with Gasteiger partial charge in [0.1, 0.15) is 5.82 Å². The van der Waals surface area contributed by atoms with Gasteiger partial charge in [0.15, 0.2) is 0 Å². The van der Waals surface area contributed by atoms with Gasteiger partial charge in [0, 0.05) is 12.1 Å². The minimum absolute atomic E-state index is 0.0997. The summed E-state index contributed by atoms with van der Waals surface area (Å²) in [7, 11) is 0. The Morgan fingerprint density at radius 1 is 1.30 bits per heavy atom. The van der Waals surface area contributed by atoms with E-state index in [1.165, 1.54) is 31.7 Å². The molecule has 0 heterocycles. The monoisotopic (exact) mass is 277 g/mol. The quantitative estimate of drug-likeness (QED) is 0.882. The van der Waals surface area contributed by atoms with Crippen LogP contribution in [0.15, 0.2) is 18.2 Å². The van der Waals surface area contributed by atoms with Gasteiger partial charge in [-0.1, -0.05) is 32.6 Å². The van der Waals surface area contributed by atoms with Gasteiger partial charge >= 0.3 is 0 Å². The van der Waals surface area contributed by atoms with E-state index in [-0.39, 0.29) is 11.7 Å². The average molecular weight is 277 g/mol. The molecular formula is C17H24FNO. The van der Waals surface area contributed by atoms with Crippen LogP contribution in [0.2, 0.25) is 0 Å². The summed E-state index contributed by atoms with van der Waals surface area (Å²) in [5.41, 5.74) is 1.06. The largest absolute Gasteiger partial charge is 0.352 e. The van der Waals surface area contributed by atoms with E-state index in [2.05, 4.69) is 12.2 Å². The number of hydrogen-bond donors (Lipinski definition) is 1. The van der Waals surface area contributed by atoms with E-state index in [0.717, 1.165) is 18.3 Å². The topological polar surface area (TPSA) is 29.1 Å². The molecular weight excluding hydrogens is 253 g/mol. The first-order chi connectivity index (χ1) is 9.56. The smallest absolute Gasteiger partial charge is 0.251 e. The number of hydrogen-bond acceptors (Lipinski definition) is 1. The van der Waals surface area contributed by atoms with Gasteiger partial charge in [0.25, 0.3) is 5.91 Å². The normalized spacial score (nSPS) is 22.6. The van der Waals surface area contributed by atoms with Crippen molar-refractivity contribution in [2.24, 2.45) is 11.8 Å². The van der Waals surface area contributed by atoms with Crippen molar-refractivity contribution in [1.29, 1.82) is 0 Å². The van der Waals surface area contributed by atoms with Gasteiger partial charge in [-0.05, 0) is 48.9 Å². The van der Waals surface area contributed by atoms with Crippen LogP contribution >= 0.6 is 0 Å². The lowest BCUT2D eigenvalue weighted by molar-refractivity contribution is 0.0949. The van der Waals surface area contributed by atoms with Gasteiger partial charge in [-0.25, -0.2) is 4.39 Å². The molecule has 1 aliphatic carbocycles. The van der Waals surface area contributed by atoms with Crippen molar-refractivity contribution in [2.75, 3.05) is 6.54 Å². The van der Waals surface area contributed by atoms with Crippen LogP contribution in [0.25, 0.3) is 0 Å². The Morgan fingerprint density at radius 3 is 2.65 bits per heavy atom. The van der Waals surface area contributed by atoms with E-state index >= 15 is 0 Å². The molecule has 1 fully saturated rings. The zero-order valence-electron chi connectivity index (χ0n) is 12.4. The summed E-state index contributed by atoms with van der Waals surface area (Å²) in [4.78, 5) is 12.0. The molecule has 0 aliphatic heterocycles. The molecule has 1 aliphatic rings. The molecule has 110 valence electrons. The van der Waals surface area contributed by atoms with Crippen LogP contribution in [-0.4, -0.2) is 12.5 Å². The molecule has 0 unspecified atom stereocenters. The van der Waals surface area contributed by atoms with Gasteiger partial charge in [0.05, 0.1) is 0 Å². The second-order valence-electron chi connectivity index (χ2n) is 6.13. The van der Waals surface area contributed by atoms with Gasteiger partial charge < -0.3 is 5.32 Å². The molecule has 1 N–H and O–H groups in total. The molecule has 0 atom stereocenters. The lowest BCUT2D eigenvalue weighted by Gasteiger charge is -2.26. The number of benzene rings is 1. The number of rotatable bonds is 4.